The molecule has 5 heteroatoms. The summed E-state index contributed by atoms with van der Waals surface area (Å²) in [5.41, 5.74) is 0.121. The van der Waals surface area contributed by atoms with E-state index in [1.807, 2.05) is 0 Å². The first-order valence-corrected chi connectivity index (χ1v) is 3.58. The van der Waals surface area contributed by atoms with Crippen molar-refractivity contribution >= 4 is 17.0 Å². The molecule has 0 spiro atoms. The molecule has 2 rings (SSSR count). The van der Waals surface area contributed by atoms with E-state index in [2.05, 4.69) is 20.3 Å². The molecule has 0 atom stereocenters. The third-order valence-corrected chi connectivity index (χ3v) is 1.59. The molecule has 2 aromatic rings. The third kappa shape index (κ3) is 1.24. The van der Waals surface area contributed by atoms with E-state index in [1.165, 1.54) is 18.5 Å². The van der Waals surface area contributed by atoms with Crippen LogP contribution in [0, 0.1) is 0 Å². The Morgan fingerprint density at radius 3 is 3.46 bits per heavy atom. The van der Waals surface area contributed by atoms with Gasteiger partial charge in [-0.25, -0.2) is 9.97 Å². The van der Waals surface area contributed by atoms with Crippen LogP contribution >= 0.6 is 0 Å². The minimum absolute atomic E-state index is 0.0456. The Hall–Kier alpha value is -1.91. The highest BCUT2D eigenvalue weighted by Gasteiger charge is 2.00. The molecule has 66 valence electrons. The fourth-order valence-electron chi connectivity index (χ4n) is 1.00. The highest BCUT2D eigenvalue weighted by molar-refractivity contribution is 5.70. The molecule has 2 heterocycles. The van der Waals surface area contributed by atoms with Crippen molar-refractivity contribution in [3.8, 4) is 0 Å². The van der Waals surface area contributed by atoms with Gasteiger partial charge in [-0.05, 0) is 0 Å². The van der Waals surface area contributed by atoms with E-state index in [4.69, 9.17) is 4.11 Å². The number of H-pyrrole nitrogens is 1. The summed E-state index contributed by atoms with van der Waals surface area (Å²) >= 11 is 0. The molecule has 0 aliphatic heterocycles. The van der Waals surface area contributed by atoms with Gasteiger partial charge in [0.05, 0.1) is 6.20 Å². The number of aromatic amines is 1. The van der Waals surface area contributed by atoms with Gasteiger partial charge in [-0.15, -0.1) is 0 Å². The quantitative estimate of drug-likeness (QED) is 0.663. The van der Waals surface area contributed by atoms with Crippen LogP contribution in [0.2, 0.25) is 0 Å². The Bertz CT molecular complexity index is 577. The maximum atomic E-state index is 11.4. The molecule has 0 fully saturated rings. The number of pyridine rings is 1. The average molecular weight is 179 g/mol. The molecular formula is C8H8N4O. The van der Waals surface area contributed by atoms with E-state index < -0.39 is 6.98 Å². The second kappa shape index (κ2) is 2.85. The molecule has 0 aromatic carbocycles. The summed E-state index contributed by atoms with van der Waals surface area (Å²) in [6, 6.07) is 1.30. The zero-order valence-corrected chi connectivity index (χ0v) is 6.53. The van der Waals surface area contributed by atoms with E-state index in [-0.39, 0.29) is 16.8 Å². The topological polar surface area (TPSA) is 70.7 Å². The molecule has 2 aromatic heterocycles. The molecule has 0 saturated carbocycles. The number of nitrogens with one attached hydrogen (secondary N) is 2. The van der Waals surface area contributed by atoms with Crippen LogP contribution in [0.15, 0.2) is 23.3 Å². The average Bonchev–Trinajstić information content (AvgIpc) is 2.17. The van der Waals surface area contributed by atoms with Crippen molar-refractivity contribution in [3.05, 3.63) is 28.7 Å². The summed E-state index contributed by atoms with van der Waals surface area (Å²) in [5.74, 6) is 0.0456. The van der Waals surface area contributed by atoms with Gasteiger partial charge in [-0.2, -0.15) is 0 Å². The first-order chi connectivity index (χ1) is 7.46. The molecular weight excluding hydrogens is 168 g/mol. The zero-order valence-electron chi connectivity index (χ0n) is 9.53. The summed E-state index contributed by atoms with van der Waals surface area (Å²) in [4.78, 5) is 21.9. The maximum absolute atomic E-state index is 11.4. The van der Waals surface area contributed by atoms with Crippen LogP contribution in [0.3, 0.4) is 0 Å². The smallest absolute Gasteiger partial charge is 0.209 e. The number of fused-ring (bicyclic) bond motifs is 1. The Kier molecular flexibility index (Phi) is 1.09. The SMILES string of the molecule is [2H]C([2H])([2H])Nc1cnc2[nH]ccc(=O)c2n1. The molecule has 0 amide bonds. The van der Waals surface area contributed by atoms with Crippen LogP contribution in [-0.4, -0.2) is 21.9 Å². The number of rotatable bonds is 1. The van der Waals surface area contributed by atoms with Gasteiger partial charge in [-0.1, -0.05) is 0 Å². The molecule has 13 heavy (non-hydrogen) atoms. The van der Waals surface area contributed by atoms with Gasteiger partial charge in [-0.3, -0.25) is 4.79 Å². The van der Waals surface area contributed by atoms with E-state index in [0.29, 0.717) is 5.65 Å². The molecule has 0 aliphatic rings. The minimum atomic E-state index is -2.36. The monoisotopic (exact) mass is 179 g/mol. The first kappa shape index (κ1) is 4.96. The van der Waals surface area contributed by atoms with Crippen LogP contribution in [0.25, 0.3) is 11.2 Å². The van der Waals surface area contributed by atoms with Crippen LogP contribution in [0.5, 0.6) is 0 Å². The van der Waals surface area contributed by atoms with Gasteiger partial charge in [0.1, 0.15) is 5.82 Å². The van der Waals surface area contributed by atoms with E-state index in [0.717, 1.165) is 0 Å². The summed E-state index contributed by atoms with van der Waals surface area (Å²) in [6.45, 7) is -2.36. The number of hydrogen-bond donors (Lipinski definition) is 2. The van der Waals surface area contributed by atoms with Crippen LogP contribution in [0.4, 0.5) is 5.82 Å². The second-order valence-electron chi connectivity index (χ2n) is 2.42. The number of hydrogen-bond acceptors (Lipinski definition) is 4. The highest BCUT2D eigenvalue weighted by atomic mass is 16.1. The third-order valence-electron chi connectivity index (χ3n) is 1.59. The van der Waals surface area contributed by atoms with Gasteiger partial charge in [0.15, 0.2) is 11.2 Å². The van der Waals surface area contributed by atoms with Crippen molar-refractivity contribution in [2.24, 2.45) is 0 Å². The lowest BCUT2D eigenvalue weighted by Crippen LogP contribution is -2.05. The first-order valence-electron chi connectivity index (χ1n) is 5.08. The van der Waals surface area contributed by atoms with Crippen molar-refractivity contribution in [1.29, 1.82) is 0 Å². The van der Waals surface area contributed by atoms with Crippen LogP contribution in [-0.2, 0) is 0 Å². The van der Waals surface area contributed by atoms with Gasteiger partial charge >= 0.3 is 0 Å². The molecule has 5 nitrogen and oxygen atoms in total. The lowest BCUT2D eigenvalue weighted by molar-refractivity contribution is 1.20. The Morgan fingerprint density at radius 2 is 2.62 bits per heavy atom. The Balaban J connectivity index is 2.52. The van der Waals surface area contributed by atoms with Gasteiger partial charge in [0.2, 0.25) is 5.43 Å². The largest absolute Gasteiger partial charge is 0.372 e. The van der Waals surface area contributed by atoms with Crippen molar-refractivity contribution < 1.29 is 4.11 Å². The molecule has 0 aliphatic carbocycles. The zero-order chi connectivity index (χ0) is 11.8. The summed E-state index contributed by atoms with van der Waals surface area (Å²) in [5, 5.41) is 2.17. The number of anilines is 1. The Labute approximate surface area is 78.1 Å². The van der Waals surface area contributed by atoms with Gasteiger partial charge < -0.3 is 10.3 Å². The lowest BCUT2D eigenvalue weighted by Gasteiger charge is -1.99. The second-order valence-corrected chi connectivity index (χ2v) is 2.42. The van der Waals surface area contributed by atoms with Crippen molar-refractivity contribution in [2.45, 2.75) is 0 Å². The lowest BCUT2D eigenvalue weighted by atomic mass is 10.4. The summed E-state index contributed by atoms with van der Waals surface area (Å²) < 4.78 is 21.0. The Morgan fingerprint density at radius 1 is 1.69 bits per heavy atom. The normalized spacial score (nSPS) is 14.6. The molecule has 0 saturated heterocycles. The number of nitrogens with zero attached hydrogens (tertiary/aromatic N) is 2. The van der Waals surface area contributed by atoms with Crippen LogP contribution < -0.4 is 10.7 Å². The summed E-state index contributed by atoms with van der Waals surface area (Å²) in [6.07, 6.45) is 2.71. The molecule has 0 unspecified atom stereocenters. The fraction of sp³-hybridized carbons (Fsp3) is 0.125. The van der Waals surface area contributed by atoms with E-state index in [1.54, 1.807) is 0 Å². The van der Waals surface area contributed by atoms with Crippen molar-refractivity contribution in [1.82, 2.24) is 15.0 Å². The van der Waals surface area contributed by atoms with Crippen molar-refractivity contribution in [3.63, 3.8) is 0 Å². The van der Waals surface area contributed by atoms with E-state index >= 15 is 0 Å². The van der Waals surface area contributed by atoms with Gasteiger partial charge in [0, 0.05) is 23.4 Å². The molecule has 0 radical (unpaired) electrons. The minimum Gasteiger partial charge on any atom is -0.372 e. The number of aromatic nitrogens is 3. The summed E-state index contributed by atoms with van der Waals surface area (Å²) in [7, 11) is 0. The standard InChI is InChI=1S/C8H8N4O/c1-9-6-4-11-8-7(12-6)5(13)2-3-10-8/h2-4H,1H3,(H,9,12)(H,10,11,13)/i1D3. The molecule has 2 N–H and O–H groups in total. The fourth-order valence-corrected chi connectivity index (χ4v) is 1.00. The predicted octanol–water partition coefficient (Wildman–Crippen LogP) is 0.360. The predicted molar refractivity (Wildman–Crippen MR) is 49.7 cm³/mol. The van der Waals surface area contributed by atoms with E-state index in [9.17, 15) is 4.79 Å². The highest BCUT2D eigenvalue weighted by Crippen LogP contribution is 2.03. The maximum Gasteiger partial charge on any atom is 0.209 e. The van der Waals surface area contributed by atoms with Gasteiger partial charge in [0.25, 0.3) is 0 Å². The van der Waals surface area contributed by atoms with Crippen LogP contribution in [0.1, 0.15) is 4.11 Å². The molecule has 0 bridgehead atoms. The van der Waals surface area contributed by atoms with Crippen molar-refractivity contribution in [2.75, 3.05) is 12.3 Å².